The van der Waals surface area contributed by atoms with E-state index in [0.29, 0.717) is 15.2 Å². The van der Waals surface area contributed by atoms with Gasteiger partial charge in [-0.3, -0.25) is 0 Å². The van der Waals surface area contributed by atoms with Crippen molar-refractivity contribution in [2.75, 3.05) is 11.5 Å². The molecule has 1 heterocycles. The largest absolute Gasteiger partial charge is 0.383 e. The van der Waals surface area contributed by atoms with Crippen molar-refractivity contribution in [1.82, 2.24) is 9.97 Å². The van der Waals surface area contributed by atoms with Crippen molar-refractivity contribution in [3.63, 3.8) is 0 Å². The molecule has 0 aliphatic heterocycles. The predicted molar refractivity (Wildman–Crippen MR) is 60.6 cm³/mol. The van der Waals surface area contributed by atoms with Crippen LogP contribution in [0.4, 0.5) is 11.8 Å². The first-order valence-electron chi connectivity index (χ1n) is 4.07. The van der Waals surface area contributed by atoms with E-state index in [0.717, 1.165) is 12.0 Å². The quantitative estimate of drug-likeness (QED) is 0.604. The van der Waals surface area contributed by atoms with Gasteiger partial charge in [-0.1, -0.05) is 22.6 Å². The van der Waals surface area contributed by atoms with Crippen molar-refractivity contribution in [3.8, 4) is 0 Å². The summed E-state index contributed by atoms with van der Waals surface area (Å²) in [5.74, 6) is 1.27. The van der Waals surface area contributed by atoms with Gasteiger partial charge in [0.2, 0.25) is 5.95 Å². The molecule has 1 saturated carbocycles. The van der Waals surface area contributed by atoms with E-state index in [1.807, 2.05) is 0 Å². The Morgan fingerprint density at radius 1 is 1.62 bits per heavy atom. The number of nitrogens with zero attached hydrogens (tertiary/aromatic N) is 2. The Morgan fingerprint density at radius 2 is 2.23 bits per heavy atom. The molecule has 0 spiro atoms. The molecule has 4 nitrogen and oxygen atoms in total. The molecule has 2 atom stereocenters. The summed E-state index contributed by atoms with van der Waals surface area (Å²) < 4.78 is 0.325. The van der Waals surface area contributed by atoms with Crippen LogP contribution in [0.15, 0.2) is 6.20 Å². The molecular formula is C8H11IN4. The highest BCUT2D eigenvalue weighted by Crippen LogP contribution is 2.58. The lowest BCUT2D eigenvalue weighted by Crippen LogP contribution is -2.04. The summed E-state index contributed by atoms with van der Waals surface area (Å²) in [6.45, 7) is 2.20. The van der Waals surface area contributed by atoms with Crippen molar-refractivity contribution >= 4 is 34.4 Å². The lowest BCUT2D eigenvalue weighted by Gasteiger charge is -2.05. The molecule has 0 radical (unpaired) electrons. The molecule has 0 bridgehead atoms. The summed E-state index contributed by atoms with van der Waals surface area (Å²) in [6, 6.07) is 0. The van der Waals surface area contributed by atoms with Gasteiger partial charge in [0.1, 0.15) is 5.82 Å². The van der Waals surface area contributed by atoms with Gasteiger partial charge in [-0.25, -0.2) is 4.98 Å². The second-order valence-electron chi connectivity index (χ2n) is 3.60. The zero-order valence-electron chi connectivity index (χ0n) is 7.29. The van der Waals surface area contributed by atoms with Crippen LogP contribution in [-0.2, 0) is 0 Å². The molecule has 0 saturated heterocycles. The highest BCUT2D eigenvalue weighted by Gasteiger charge is 2.49. The van der Waals surface area contributed by atoms with Gasteiger partial charge in [0.25, 0.3) is 0 Å². The van der Waals surface area contributed by atoms with Crippen LogP contribution in [0.2, 0.25) is 0 Å². The van der Waals surface area contributed by atoms with E-state index in [1.165, 1.54) is 0 Å². The van der Waals surface area contributed by atoms with Crippen LogP contribution >= 0.6 is 22.6 Å². The van der Waals surface area contributed by atoms with Crippen molar-refractivity contribution in [2.45, 2.75) is 22.7 Å². The average molecular weight is 290 g/mol. The summed E-state index contributed by atoms with van der Waals surface area (Å²) in [7, 11) is 0. The Balaban J connectivity index is 2.33. The second-order valence-corrected chi connectivity index (χ2v) is 6.07. The first-order valence-corrected chi connectivity index (χ1v) is 5.15. The number of hydrogen-bond donors (Lipinski definition) is 2. The van der Waals surface area contributed by atoms with E-state index in [2.05, 4.69) is 39.5 Å². The maximum Gasteiger partial charge on any atom is 0.221 e. The third-order valence-electron chi connectivity index (χ3n) is 2.41. The van der Waals surface area contributed by atoms with Gasteiger partial charge in [-0.2, -0.15) is 4.98 Å². The minimum Gasteiger partial charge on any atom is -0.383 e. The van der Waals surface area contributed by atoms with Gasteiger partial charge in [0.05, 0.1) is 0 Å². The third-order valence-corrected chi connectivity index (χ3v) is 3.60. The number of nitrogen functional groups attached to an aromatic ring is 2. The molecule has 2 rings (SSSR count). The lowest BCUT2D eigenvalue weighted by atomic mass is 10.2. The molecule has 5 heteroatoms. The van der Waals surface area contributed by atoms with Gasteiger partial charge in [0.15, 0.2) is 0 Å². The maximum atomic E-state index is 5.75. The molecule has 2 unspecified atom stereocenters. The highest BCUT2D eigenvalue weighted by molar-refractivity contribution is 14.1. The zero-order valence-corrected chi connectivity index (χ0v) is 9.45. The fourth-order valence-electron chi connectivity index (χ4n) is 1.46. The summed E-state index contributed by atoms with van der Waals surface area (Å²) in [6.07, 6.45) is 2.89. The molecule has 1 fully saturated rings. The maximum absolute atomic E-state index is 5.75. The van der Waals surface area contributed by atoms with Gasteiger partial charge < -0.3 is 11.5 Å². The van der Waals surface area contributed by atoms with Gasteiger partial charge in [-0.15, -0.1) is 0 Å². The van der Waals surface area contributed by atoms with Crippen LogP contribution in [0.5, 0.6) is 0 Å². The number of anilines is 2. The fourth-order valence-corrected chi connectivity index (χ4v) is 2.24. The van der Waals surface area contributed by atoms with Gasteiger partial charge in [-0.05, 0) is 13.3 Å². The number of nitrogens with two attached hydrogens (primary N) is 2. The van der Waals surface area contributed by atoms with E-state index < -0.39 is 0 Å². The third kappa shape index (κ3) is 1.56. The van der Waals surface area contributed by atoms with Crippen LogP contribution in [0, 0.1) is 0 Å². The molecule has 0 amide bonds. The van der Waals surface area contributed by atoms with E-state index >= 15 is 0 Å². The molecule has 0 aromatic carbocycles. The Morgan fingerprint density at radius 3 is 2.69 bits per heavy atom. The second kappa shape index (κ2) is 2.70. The Bertz CT molecular complexity index is 350. The molecule has 1 aliphatic carbocycles. The smallest absolute Gasteiger partial charge is 0.221 e. The van der Waals surface area contributed by atoms with E-state index in [4.69, 9.17) is 11.5 Å². The minimum atomic E-state index is 0.247. The summed E-state index contributed by atoms with van der Waals surface area (Å²) in [5, 5.41) is 0. The minimum absolute atomic E-state index is 0.247. The van der Waals surface area contributed by atoms with Crippen LogP contribution in [-0.4, -0.2) is 13.4 Å². The summed E-state index contributed by atoms with van der Waals surface area (Å²) in [5.41, 5.74) is 12.2. The molecule has 4 N–H and O–H groups in total. The summed E-state index contributed by atoms with van der Waals surface area (Å²) >= 11 is 2.44. The van der Waals surface area contributed by atoms with E-state index in [-0.39, 0.29) is 5.95 Å². The van der Waals surface area contributed by atoms with Gasteiger partial charge >= 0.3 is 0 Å². The van der Waals surface area contributed by atoms with E-state index in [9.17, 15) is 0 Å². The molecular weight excluding hydrogens is 279 g/mol. The molecule has 13 heavy (non-hydrogen) atoms. The molecule has 1 aromatic rings. The lowest BCUT2D eigenvalue weighted by molar-refractivity contribution is 0.984. The van der Waals surface area contributed by atoms with Gasteiger partial charge in [0, 0.05) is 21.1 Å². The number of alkyl halides is 1. The molecule has 1 aliphatic rings. The zero-order chi connectivity index (χ0) is 9.64. The van der Waals surface area contributed by atoms with Crippen LogP contribution < -0.4 is 11.5 Å². The first-order chi connectivity index (χ1) is 6.00. The molecule has 70 valence electrons. The molecule has 1 aromatic heterocycles. The first kappa shape index (κ1) is 8.98. The Kier molecular flexibility index (Phi) is 1.86. The van der Waals surface area contributed by atoms with Crippen LogP contribution in [0.25, 0.3) is 0 Å². The highest BCUT2D eigenvalue weighted by atomic mass is 127. The standard InChI is InChI=1S/C8H11IN4/c1-8(9)2-5(8)4-3-12-7(11)13-6(4)10/h3,5H,2H2,1H3,(H4,10,11,12,13). The Labute approximate surface area is 90.3 Å². The number of halogens is 1. The number of aromatic nitrogens is 2. The van der Waals surface area contributed by atoms with Crippen molar-refractivity contribution in [3.05, 3.63) is 11.8 Å². The fraction of sp³-hybridized carbons (Fsp3) is 0.500. The summed E-state index contributed by atoms with van der Waals surface area (Å²) in [4.78, 5) is 7.89. The predicted octanol–water partition coefficient (Wildman–Crippen LogP) is 1.32. The SMILES string of the molecule is CC1(I)CC1c1cnc(N)nc1N. The monoisotopic (exact) mass is 290 g/mol. The van der Waals surface area contributed by atoms with Crippen LogP contribution in [0.3, 0.4) is 0 Å². The van der Waals surface area contributed by atoms with Crippen molar-refractivity contribution in [1.29, 1.82) is 0 Å². The number of hydrogen-bond acceptors (Lipinski definition) is 4. The van der Waals surface area contributed by atoms with Crippen molar-refractivity contribution in [2.24, 2.45) is 0 Å². The van der Waals surface area contributed by atoms with E-state index in [1.54, 1.807) is 6.20 Å². The normalized spacial score (nSPS) is 31.7. The van der Waals surface area contributed by atoms with Crippen molar-refractivity contribution < 1.29 is 0 Å². The topological polar surface area (TPSA) is 77.8 Å². The average Bonchev–Trinajstić information content (AvgIpc) is 2.59. The number of rotatable bonds is 1. The van der Waals surface area contributed by atoms with Crippen LogP contribution in [0.1, 0.15) is 24.8 Å². The Hall–Kier alpha value is -0.590.